The van der Waals surface area contributed by atoms with Gasteiger partial charge in [-0.05, 0) is 25.7 Å². The van der Waals surface area contributed by atoms with Crippen molar-refractivity contribution in [3.05, 3.63) is 0 Å². The summed E-state index contributed by atoms with van der Waals surface area (Å²) in [5.74, 6) is 0.692. The minimum absolute atomic E-state index is 0.202. The van der Waals surface area contributed by atoms with Gasteiger partial charge in [0, 0.05) is 25.7 Å². The Morgan fingerprint density at radius 3 is 2.09 bits per heavy atom. The SMILES string of the molecule is CCCCCC(C)(C)CNC(=NC)NCC(C)(C)NS(C)(=O)=O. The molecule has 0 aliphatic heterocycles. The molecule has 0 aromatic rings. The van der Waals surface area contributed by atoms with Crippen molar-refractivity contribution < 1.29 is 8.42 Å². The molecule has 0 spiro atoms. The fourth-order valence-electron chi connectivity index (χ4n) is 2.33. The zero-order valence-electron chi connectivity index (χ0n) is 15.9. The smallest absolute Gasteiger partial charge is 0.209 e. The van der Waals surface area contributed by atoms with E-state index in [2.05, 4.69) is 41.1 Å². The molecule has 0 aromatic heterocycles. The summed E-state index contributed by atoms with van der Waals surface area (Å²) in [6.45, 7) is 11.7. The van der Waals surface area contributed by atoms with Crippen molar-refractivity contribution in [3.8, 4) is 0 Å². The predicted molar refractivity (Wildman–Crippen MR) is 99.3 cm³/mol. The van der Waals surface area contributed by atoms with Crippen LogP contribution in [0.4, 0.5) is 0 Å². The van der Waals surface area contributed by atoms with Crippen molar-refractivity contribution >= 4 is 16.0 Å². The number of nitrogens with one attached hydrogen (secondary N) is 3. The lowest BCUT2D eigenvalue weighted by molar-refractivity contribution is 0.318. The highest BCUT2D eigenvalue weighted by Gasteiger charge is 2.23. The number of aliphatic imine (C=N–C) groups is 1. The Morgan fingerprint density at radius 1 is 1.04 bits per heavy atom. The van der Waals surface area contributed by atoms with Crippen LogP contribution >= 0.6 is 0 Å². The number of sulfonamides is 1. The molecule has 0 amide bonds. The van der Waals surface area contributed by atoms with Crippen molar-refractivity contribution in [2.75, 3.05) is 26.4 Å². The van der Waals surface area contributed by atoms with E-state index in [0.717, 1.165) is 6.54 Å². The van der Waals surface area contributed by atoms with Gasteiger partial charge in [-0.15, -0.1) is 0 Å². The summed E-state index contributed by atoms with van der Waals surface area (Å²) in [4.78, 5) is 4.20. The molecule has 0 unspecified atom stereocenters. The Bertz CT molecular complexity index is 470. The number of hydrogen-bond acceptors (Lipinski definition) is 3. The molecule has 0 heterocycles. The normalized spacial score (nSPS) is 14.0. The van der Waals surface area contributed by atoms with E-state index >= 15 is 0 Å². The van der Waals surface area contributed by atoms with Crippen LogP contribution in [0.3, 0.4) is 0 Å². The maximum absolute atomic E-state index is 11.4. The highest BCUT2D eigenvalue weighted by molar-refractivity contribution is 7.88. The molecule has 3 N–H and O–H groups in total. The van der Waals surface area contributed by atoms with E-state index in [4.69, 9.17) is 0 Å². The summed E-state index contributed by atoms with van der Waals surface area (Å²) in [5, 5.41) is 6.52. The van der Waals surface area contributed by atoms with Crippen LogP contribution in [0.5, 0.6) is 0 Å². The van der Waals surface area contributed by atoms with Crippen LogP contribution in [0.2, 0.25) is 0 Å². The fourth-order valence-corrected chi connectivity index (χ4v) is 3.40. The molecule has 0 aliphatic rings. The third-order valence-corrected chi connectivity index (χ3v) is 4.50. The van der Waals surface area contributed by atoms with E-state index in [-0.39, 0.29) is 5.41 Å². The average Bonchev–Trinajstić information content (AvgIpc) is 2.36. The number of unbranched alkanes of at least 4 members (excludes halogenated alkanes) is 2. The predicted octanol–water partition coefficient (Wildman–Crippen LogP) is 2.09. The van der Waals surface area contributed by atoms with Crippen LogP contribution in [0.15, 0.2) is 4.99 Å². The molecule has 0 saturated heterocycles. The summed E-state index contributed by atoms with van der Waals surface area (Å²) < 4.78 is 25.3. The maximum Gasteiger partial charge on any atom is 0.209 e. The van der Waals surface area contributed by atoms with E-state index in [1.165, 1.54) is 31.9 Å². The molecule has 0 bridgehead atoms. The molecular formula is C16H36N4O2S. The quantitative estimate of drug-likeness (QED) is 0.321. The van der Waals surface area contributed by atoms with Crippen LogP contribution < -0.4 is 15.4 Å². The molecule has 138 valence electrons. The van der Waals surface area contributed by atoms with E-state index in [1.807, 2.05) is 13.8 Å². The highest BCUT2D eigenvalue weighted by atomic mass is 32.2. The lowest BCUT2D eigenvalue weighted by Crippen LogP contribution is -2.53. The van der Waals surface area contributed by atoms with Crippen molar-refractivity contribution in [3.63, 3.8) is 0 Å². The first-order valence-corrected chi connectivity index (χ1v) is 10.2. The summed E-state index contributed by atoms with van der Waals surface area (Å²) >= 11 is 0. The summed E-state index contributed by atoms with van der Waals surface area (Å²) in [6, 6.07) is 0. The average molecular weight is 349 g/mol. The molecule has 0 aromatic carbocycles. The van der Waals surface area contributed by atoms with Gasteiger partial charge in [0.05, 0.1) is 6.26 Å². The topological polar surface area (TPSA) is 82.6 Å². The summed E-state index contributed by atoms with van der Waals surface area (Å²) in [6.07, 6.45) is 6.08. The minimum Gasteiger partial charge on any atom is -0.356 e. The molecule has 0 fully saturated rings. The van der Waals surface area contributed by atoms with Crippen LogP contribution in [-0.2, 0) is 10.0 Å². The second-order valence-electron chi connectivity index (χ2n) is 7.66. The van der Waals surface area contributed by atoms with Gasteiger partial charge in [-0.1, -0.05) is 40.0 Å². The third-order valence-electron chi connectivity index (χ3n) is 3.57. The highest BCUT2D eigenvalue weighted by Crippen LogP contribution is 2.22. The van der Waals surface area contributed by atoms with Gasteiger partial charge >= 0.3 is 0 Å². The fraction of sp³-hybridized carbons (Fsp3) is 0.938. The van der Waals surface area contributed by atoms with Crippen LogP contribution in [-0.4, -0.2) is 46.3 Å². The van der Waals surface area contributed by atoms with Crippen molar-refractivity contribution in [2.45, 2.75) is 65.8 Å². The zero-order valence-corrected chi connectivity index (χ0v) is 16.7. The second-order valence-corrected chi connectivity index (χ2v) is 9.41. The number of guanidine groups is 1. The Labute approximate surface area is 143 Å². The van der Waals surface area contributed by atoms with Crippen LogP contribution in [0.25, 0.3) is 0 Å². The largest absolute Gasteiger partial charge is 0.356 e. The Kier molecular flexibility index (Phi) is 9.13. The molecule has 6 nitrogen and oxygen atoms in total. The van der Waals surface area contributed by atoms with Gasteiger partial charge in [-0.3, -0.25) is 4.99 Å². The molecular weight excluding hydrogens is 312 g/mol. The number of hydrogen-bond donors (Lipinski definition) is 3. The van der Waals surface area contributed by atoms with E-state index < -0.39 is 15.6 Å². The van der Waals surface area contributed by atoms with E-state index in [9.17, 15) is 8.42 Å². The Balaban J connectivity index is 4.37. The maximum atomic E-state index is 11.4. The number of rotatable bonds is 10. The van der Waals surface area contributed by atoms with Crippen LogP contribution in [0, 0.1) is 5.41 Å². The monoisotopic (exact) mass is 348 g/mol. The molecule has 0 aliphatic carbocycles. The standard InChI is InChI=1S/C16H36N4O2S/c1-8-9-10-11-15(2,3)12-18-14(17-6)19-13-16(4,5)20-23(7,21)22/h20H,8-13H2,1-7H3,(H2,17,18,19). The molecule has 0 rings (SSSR count). The Hall–Kier alpha value is -0.820. The Morgan fingerprint density at radius 2 is 1.61 bits per heavy atom. The lowest BCUT2D eigenvalue weighted by Gasteiger charge is -2.29. The van der Waals surface area contributed by atoms with Gasteiger partial charge in [0.2, 0.25) is 10.0 Å². The zero-order chi connectivity index (χ0) is 18.1. The third kappa shape index (κ3) is 12.3. The van der Waals surface area contributed by atoms with Crippen molar-refractivity contribution in [1.82, 2.24) is 15.4 Å². The first-order valence-electron chi connectivity index (χ1n) is 8.34. The van der Waals surface area contributed by atoms with Gasteiger partial charge in [0.25, 0.3) is 0 Å². The molecule has 23 heavy (non-hydrogen) atoms. The van der Waals surface area contributed by atoms with Gasteiger partial charge in [0.1, 0.15) is 0 Å². The summed E-state index contributed by atoms with van der Waals surface area (Å²) in [5.41, 5.74) is -0.380. The van der Waals surface area contributed by atoms with Crippen LogP contribution in [0.1, 0.15) is 60.3 Å². The first-order chi connectivity index (χ1) is 10.4. The first kappa shape index (κ1) is 22.2. The molecule has 7 heteroatoms. The molecule has 0 atom stereocenters. The van der Waals surface area contributed by atoms with Gasteiger partial charge in [-0.2, -0.15) is 0 Å². The van der Waals surface area contributed by atoms with E-state index in [1.54, 1.807) is 7.05 Å². The molecule has 0 saturated carbocycles. The number of nitrogens with zero attached hydrogens (tertiary/aromatic N) is 1. The van der Waals surface area contributed by atoms with Crippen molar-refractivity contribution in [2.24, 2.45) is 10.4 Å². The second kappa shape index (κ2) is 9.47. The van der Waals surface area contributed by atoms with Crippen molar-refractivity contribution in [1.29, 1.82) is 0 Å². The summed E-state index contributed by atoms with van der Waals surface area (Å²) in [7, 11) is -1.52. The lowest BCUT2D eigenvalue weighted by atomic mass is 9.87. The minimum atomic E-state index is -3.24. The van der Waals surface area contributed by atoms with Gasteiger partial charge in [-0.25, -0.2) is 13.1 Å². The molecule has 0 radical (unpaired) electrons. The van der Waals surface area contributed by atoms with E-state index in [0.29, 0.717) is 12.5 Å². The van der Waals surface area contributed by atoms with Gasteiger partial charge in [0.15, 0.2) is 5.96 Å². The van der Waals surface area contributed by atoms with Gasteiger partial charge < -0.3 is 10.6 Å².